The number of benzene rings is 1. The first-order chi connectivity index (χ1) is 8.28. The van der Waals surface area contributed by atoms with Gasteiger partial charge in [0.15, 0.2) is 0 Å². The maximum Gasteiger partial charge on any atom is 0.132 e. The molecule has 18 heavy (non-hydrogen) atoms. The van der Waals surface area contributed by atoms with Gasteiger partial charge in [-0.3, -0.25) is 0 Å². The molecule has 0 saturated carbocycles. The normalized spacial score (nSPS) is 24.3. The van der Waals surface area contributed by atoms with E-state index in [0.29, 0.717) is 5.75 Å². The average Bonchev–Trinajstić information content (AvgIpc) is 2.33. The summed E-state index contributed by atoms with van der Waals surface area (Å²) in [6.07, 6.45) is 1.08. The van der Waals surface area contributed by atoms with Crippen molar-refractivity contribution in [2.45, 2.75) is 59.2 Å². The lowest BCUT2D eigenvalue weighted by molar-refractivity contribution is -0.0455. The van der Waals surface area contributed by atoms with Crippen molar-refractivity contribution < 1.29 is 14.9 Å². The molecule has 2 rings (SSSR count). The van der Waals surface area contributed by atoms with Gasteiger partial charge >= 0.3 is 0 Å². The second-order valence-corrected chi connectivity index (χ2v) is 5.62. The molecule has 0 fully saturated rings. The molecule has 1 aliphatic heterocycles. The van der Waals surface area contributed by atoms with E-state index in [1.165, 1.54) is 0 Å². The van der Waals surface area contributed by atoms with Crippen LogP contribution in [0.1, 0.15) is 42.5 Å². The van der Waals surface area contributed by atoms with Crippen LogP contribution < -0.4 is 4.74 Å². The molecule has 0 bridgehead atoms. The zero-order valence-electron chi connectivity index (χ0n) is 11.8. The number of aliphatic hydroxyl groups excluding tert-OH is 1. The van der Waals surface area contributed by atoms with Crippen molar-refractivity contribution in [2.75, 3.05) is 0 Å². The number of fused-ring (bicyclic) bond motifs is 1. The number of hydrogen-bond acceptors (Lipinski definition) is 3. The van der Waals surface area contributed by atoms with Crippen LogP contribution in [0, 0.1) is 20.8 Å². The summed E-state index contributed by atoms with van der Waals surface area (Å²) < 4.78 is 6.07. The fraction of sp³-hybridized carbons (Fsp3) is 0.600. The average molecular weight is 250 g/mol. The third kappa shape index (κ3) is 1.77. The summed E-state index contributed by atoms with van der Waals surface area (Å²) in [4.78, 5) is 0. The van der Waals surface area contributed by atoms with Gasteiger partial charge in [-0.25, -0.2) is 0 Å². The van der Waals surface area contributed by atoms with E-state index in [-0.39, 0.29) is 0 Å². The molecule has 3 nitrogen and oxygen atoms in total. The number of aliphatic hydroxyl groups is 1. The van der Waals surface area contributed by atoms with Crippen LogP contribution in [0.25, 0.3) is 0 Å². The molecule has 0 aliphatic carbocycles. The number of phenolic OH excluding ortho intramolecular Hbond substituents is 1. The fourth-order valence-electron chi connectivity index (χ4n) is 2.56. The summed E-state index contributed by atoms with van der Waals surface area (Å²) in [6.45, 7) is 9.49. The standard InChI is InChI=1S/C15H22O3/c1-8-9(2)14-12(10(3)13(8)17)6-7-15(5,18-14)11(4)16/h11,16-17H,6-7H2,1-5H3. The van der Waals surface area contributed by atoms with Crippen molar-refractivity contribution in [3.63, 3.8) is 0 Å². The first-order valence-corrected chi connectivity index (χ1v) is 6.46. The predicted octanol–water partition coefficient (Wildman–Crippen LogP) is 2.78. The molecular formula is C15H22O3. The Balaban J connectivity index is 2.57. The highest BCUT2D eigenvalue weighted by Crippen LogP contribution is 2.43. The molecule has 0 saturated heterocycles. The topological polar surface area (TPSA) is 49.7 Å². The third-order valence-corrected chi connectivity index (χ3v) is 4.43. The van der Waals surface area contributed by atoms with Crippen LogP contribution in [0.2, 0.25) is 0 Å². The highest BCUT2D eigenvalue weighted by Gasteiger charge is 2.38. The minimum Gasteiger partial charge on any atom is -0.507 e. The van der Waals surface area contributed by atoms with Gasteiger partial charge in [0, 0.05) is 5.56 Å². The van der Waals surface area contributed by atoms with Crippen molar-refractivity contribution in [2.24, 2.45) is 0 Å². The van der Waals surface area contributed by atoms with E-state index in [0.717, 1.165) is 40.8 Å². The van der Waals surface area contributed by atoms with Gasteiger partial charge in [-0.2, -0.15) is 0 Å². The minimum absolute atomic E-state index is 0.371. The molecule has 2 atom stereocenters. The first-order valence-electron chi connectivity index (χ1n) is 6.46. The van der Waals surface area contributed by atoms with E-state index in [4.69, 9.17) is 4.74 Å². The van der Waals surface area contributed by atoms with Gasteiger partial charge in [0.05, 0.1) is 6.10 Å². The van der Waals surface area contributed by atoms with E-state index in [1.807, 2.05) is 27.7 Å². The van der Waals surface area contributed by atoms with Crippen molar-refractivity contribution >= 4 is 0 Å². The molecule has 1 aromatic carbocycles. The fourth-order valence-corrected chi connectivity index (χ4v) is 2.56. The van der Waals surface area contributed by atoms with E-state index in [9.17, 15) is 10.2 Å². The van der Waals surface area contributed by atoms with Gasteiger partial charge in [0.1, 0.15) is 17.1 Å². The summed E-state index contributed by atoms with van der Waals surface area (Å²) in [5.74, 6) is 1.22. The molecule has 2 N–H and O–H groups in total. The molecule has 1 heterocycles. The Hall–Kier alpha value is -1.22. The van der Waals surface area contributed by atoms with Crippen LogP contribution in [0.15, 0.2) is 0 Å². The molecule has 1 aromatic rings. The second kappa shape index (κ2) is 4.16. The Morgan fingerprint density at radius 2 is 1.78 bits per heavy atom. The lowest BCUT2D eigenvalue weighted by Crippen LogP contribution is -2.46. The number of hydrogen-bond donors (Lipinski definition) is 2. The molecule has 0 radical (unpaired) electrons. The summed E-state index contributed by atoms with van der Waals surface area (Å²) in [5, 5.41) is 19.9. The SMILES string of the molecule is Cc1c(C)c2c(c(C)c1O)CCC(C)(C(C)O)O2. The summed E-state index contributed by atoms with van der Waals surface area (Å²) in [5.41, 5.74) is 3.28. The maximum atomic E-state index is 10.1. The molecular weight excluding hydrogens is 228 g/mol. The largest absolute Gasteiger partial charge is 0.507 e. The maximum absolute atomic E-state index is 10.1. The van der Waals surface area contributed by atoms with E-state index in [2.05, 4.69) is 0 Å². The van der Waals surface area contributed by atoms with Gasteiger partial charge in [-0.15, -0.1) is 0 Å². The van der Waals surface area contributed by atoms with Gasteiger partial charge < -0.3 is 14.9 Å². The Kier molecular flexibility index (Phi) is 3.06. The van der Waals surface area contributed by atoms with E-state index >= 15 is 0 Å². The van der Waals surface area contributed by atoms with Gasteiger partial charge in [-0.1, -0.05) is 0 Å². The number of ether oxygens (including phenoxy) is 1. The zero-order chi connectivity index (χ0) is 13.7. The highest BCUT2D eigenvalue weighted by atomic mass is 16.5. The molecule has 3 heteroatoms. The Morgan fingerprint density at radius 1 is 1.17 bits per heavy atom. The van der Waals surface area contributed by atoms with Crippen LogP contribution >= 0.6 is 0 Å². The van der Waals surface area contributed by atoms with Crippen LogP contribution in [-0.4, -0.2) is 21.9 Å². The molecule has 0 spiro atoms. The van der Waals surface area contributed by atoms with Crippen molar-refractivity contribution in [1.82, 2.24) is 0 Å². The van der Waals surface area contributed by atoms with Crippen LogP contribution in [-0.2, 0) is 6.42 Å². The van der Waals surface area contributed by atoms with Crippen LogP contribution in [0.4, 0.5) is 0 Å². The Labute approximate surface area is 108 Å². The van der Waals surface area contributed by atoms with Gasteiger partial charge in [0.25, 0.3) is 0 Å². The predicted molar refractivity (Wildman–Crippen MR) is 71.4 cm³/mol. The lowest BCUT2D eigenvalue weighted by atomic mass is 9.85. The Bertz CT molecular complexity index is 491. The van der Waals surface area contributed by atoms with Crippen molar-refractivity contribution in [3.05, 3.63) is 22.3 Å². The van der Waals surface area contributed by atoms with Crippen molar-refractivity contribution in [1.29, 1.82) is 0 Å². The summed E-state index contributed by atoms with van der Waals surface area (Å²) in [6, 6.07) is 0. The highest BCUT2D eigenvalue weighted by molar-refractivity contribution is 5.58. The molecule has 1 aliphatic rings. The number of phenols is 1. The summed E-state index contributed by atoms with van der Waals surface area (Å²) in [7, 11) is 0. The van der Waals surface area contributed by atoms with E-state index < -0.39 is 11.7 Å². The molecule has 2 unspecified atom stereocenters. The molecule has 0 amide bonds. The van der Waals surface area contributed by atoms with E-state index in [1.54, 1.807) is 6.92 Å². The summed E-state index contributed by atoms with van der Waals surface area (Å²) >= 11 is 0. The first kappa shape index (κ1) is 13.2. The monoisotopic (exact) mass is 250 g/mol. The van der Waals surface area contributed by atoms with Crippen molar-refractivity contribution in [3.8, 4) is 11.5 Å². The molecule has 0 aromatic heterocycles. The zero-order valence-corrected chi connectivity index (χ0v) is 11.8. The van der Waals surface area contributed by atoms with Gasteiger partial charge in [0.2, 0.25) is 0 Å². The Morgan fingerprint density at radius 3 is 2.33 bits per heavy atom. The van der Waals surface area contributed by atoms with Crippen LogP contribution in [0.5, 0.6) is 11.5 Å². The molecule has 100 valence electrons. The lowest BCUT2D eigenvalue weighted by Gasteiger charge is -2.39. The quantitative estimate of drug-likeness (QED) is 0.805. The smallest absolute Gasteiger partial charge is 0.132 e. The second-order valence-electron chi connectivity index (χ2n) is 5.62. The number of rotatable bonds is 1. The number of aromatic hydroxyl groups is 1. The minimum atomic E-state index is -0.534. The third-order valence-electron chi connectivity index (χ3n) is 4.43. The van der Waals surface area contributed by atoms with Crippen LogP contribution in [0.3, 0.4) is 0 Å². The van der Waals surface area contributed by atoms with Gasteiger partial charge in [-0.05, 0) is 64.2 Å².